The molecule has 5 rings (SSSR count). The molecule has 2 saturated heterocycles. The van der Waals surface area contributed by atoms with Crippen LogP contribution in [0.25, 0.3) is 0 Å². The molecule has 0 unspecified atom stereocenters. The van der Waals surface area contributed by atoms with Gasteiger partial charge >= 0.3 is 6.09 Å². The van der Waals surface area contributed by atoms with E-state index < -0.39 is 39.8 Å². The minimum Gasteiger partial charge on any atom is -0.486 e. The number of nitrogens with zero attached hydrogens (tertiary/aromatic N) is 2. The van der Waals surface area contributed by atoms with Gasteiger partial charge in [0, 0.05) is 25.6 Å². The van der Waals surface area contributed by atoms with Crippen LogP contribution in [0, 0.1) is 22.7 Å². The van der Waals surface area contributed by atoms with Crippen LogP contribution in [0.15, 0.2) is 53.4 Å². The summed E-state index contributed by atoms with van der Waals surface area (Å²) in [6.07, 6.45) is -0.403. The number of carbonyl (C=O) groups excluding carboxylic acids is 1. The Morgan fingerprint density at radius 2 is 1.89 bits per heavy atom. The van der Waals surface area contributed by atoms with Crippen molar-refractivity contribution in [1.82, 2.24) is 9.62 Å². The molecule has 2 fully saturated rings. The molecule has 0 aliphatic carbocycles. The number of nitriles is 1. The molecule has 5 atom stereocenters. The first-order chi connectivity index (χ1) is 22.1. The van der Waals surface area contributed by atoms with E-state index in [9.17, 15) is 18.3 Å². The zero-order valence-electron chi connectivity index (χ0n) is 26.3. The highest BCUT2D eigenvalue weighted by molar-refractivity contribution is 7.89. The molecule has 3 heterocycles. The second kappa shape index (κ2) is 15.0. The van der Waals surface area contributed by atoms with Gasteiger partial charge in [-0.3, -0.25) is 0 Å². The molecule has 13 heteroatoms. The Balaban J connectivity index is 1.38. The Hall–Kier alpha value is -3.41. The van der Waals surface area contributed by atoms with Crippen molar-refractivity contribution < 1.29 is 42.0 Å². The van der Waals surface area contributed by atoms with Crippen LogP contribution in [-0.4, -0.2) is 88.0 Å². The van der Waals surface area contributed by atoms with Crippen LogP contribution < -0.4 is 14.8 Å². The van der Waals surface area contributed by atoms with Crippen LogP contribution in [0.2, 0.25) is 0 Å². The van der Waals surface area contributed by atoms with Gasteiger partial charge in [0.05, 0.1) is 42.2 Å². The van der Waals surface area contributed by atoms with Crippen molar-refractivity contribution in [1.29, 1.82) is 5.26 Å². The number of unbranched alkanes of at least 4 members (excludes halogenated alkanes) is 1. The van der Waals surface area contributed by atoms with E-state index in [1.807, 2.05) is 44.2 Å². The average molecular weight is 658 g/mol. The van der Waals surface area contributed by atoms with Gasteiger partial charge in [0.15, 0.2) is 17.8 Å². The summed E-state index contributed by atoms with van der Waals surface area (Å²) in [6, 6.07) is 15.1. The zero-order chi connectivity index (χ0) is 32.7. The second-order valence-electron chi connectivity index (χ2n) is 12.8. The van der Waals surface area contributed by atoms with Gasteiger partial charge in [-0.1, -0.05) is 44.2 Å². The van der Waals surface area contributed by atoms with Crippen molar-refractivity contribution in [2.24, 2.45) is 11.3 Å². The summed E-state index contributed by atoms with van der Waals surface area (Å²) in [7, 11) is -4.16. The normalized spacial score (nSPS) is 22.1. The van der Waals surface area contributed by atoms with E-state index in [1.54, 1.807) is 6.07 Å². The van der Waals surface area contributed by atoms with Gasteiger partial charge in [-0.15, -0.1) is 0 Å². The topological polar surface area (TPSA) is 157 Å². The number of sulfonamides is 1. The number of carbonyl (C=O) groups is 1. The quantitative estimate of drug-likeness (QED) is 0.288. The first-order valence-corrected chi connectivity index (χ1v) is 17.2. The van der Waals surface area contributed by atoms with E-state index in [1.165, 1.54) is 16.4 Å². The second-order valence-corrected chi connectivity index (χ2v) is 14.7. The number of hydrogen-bond donors (Lipinski definition) is 2. The molecule has 0 saturated carbocycles. The Bertz CT molecular complexity index is 1480. The zero-order valence-corrected chi connectivity index (χ0v) is 27.1. The van der Waals surface area contributed by atoms with Crippen molar-refractivity contribution in [3.63, 3.8) is 0 Å². The number of fused-ring (bicyclic) bond motifs is 2. The molecule has 2 aromatic rings. The fraction of sp³-hybridized carbons (Fsp3) is 0.576. The van der Waals surface area contributed by atoms with Gasteiger partial charge in [-0.05, 0) is 48.8 Å². The van der Waals surface area contributed by atoms with Gasteiger partial charge in [0.25, 0.3) is 0 Å². The highest BCUT2D eigenvalue weighted by Gasteiger charge is 2.44. The van der Waals surface area contributed by atoms with Gasteiger partial charge in [-0.25, -0.2) is 13.2 Å². The van der Waals surface area contributed by atoms with Gasteiger partial charge in [0.1, 0.15) is 19.3 Å². The molecule has 2 N–H and O–H groups in total. The van der Waals surface area contributed by atoms with E-state index in [0.717, 1.165) is 12.0 Å². The minimum absolute atomic E-state index is 0.00155. The molecular formula is C33H43N3O9S. The number of aliphatic hydroxyl groups excluding tert-OH is 1. The predicted molar refractivity (Wildman–Crippen MR) is 167 cm³/mol. The summed E-state index contributed by atoms with van der Waals surface area (Å²) >= 11 is 0. The minimum atomic E-state index is -4.16. The molecule has 3 aliphatic heterocycles. The first kappa shape index (κ1) is 33.9. The summed E-state index contributed by atoms with van der Waals surface area (Å²) in [5.74, 6) is 0.735. The maximum atomic E-state index is 14.2. The summed E-state index contributed by atoms with van der Waals surface area (Å²) < 4.78 is 57.8. The molecule has 0 radical (unpaired) electrons. The van der Waals surface area contributed by atoms with E-state index in [0.29, 0.717) is 50.6 Å². The molecule has 46 heavy (non-hydrogen) atoms. The van der Waals surface area contributed by atoms with Crippen molar-refractivity contribution >= 4 is 16.1 Å². The number of alkyl carbamates (subject to hydrolysis) is 1. The van der Waals surface area contributed by atoms with E-state index in [2.05, 4.69) is 11.4 Å². The number of aliphatic hydroxyl groups is 1. The van der Waals surface area contributed by atoms with Crippen LogP contribution in [0.3, 0.4) is 0 Å². The van der Waals surface area contributed by atoms with Crippen LogP contribution in [0.4, 0.5) is 4.79 Å². The van der Waals surface area contributed by atoms with Crippen LogP contribution >= 0.6 is 0 Å². The van der Waals surface area contributed by atoms with Crippen molar-refractivity contribution in [3.8, 4) is 17.6 Å². The summed E-state index contributed by atoms with van der Waals surface area (Å²) in [4.78, 5) is 13.2. The predicted octanol–water partition coefficient (Wildman–Crippen LogP) is 3.63. The van der Waals surface area contributed by atoms with E-state index in [-0.39, 0.29) is 43.2 Å². The Morgan fingerprint density at radius 1 is 1.13 bits per heavy atom. The molecule has 3 aliphatic rings. The SMILES string of the molecule is CC(C)(CCCC#N)CN(C[C@H](O)[C@H](Cc1ccccc1)NC(=O)O[C@H]1CO[C@H]2OCC[C@H]21)S(=O)(=O)c1ccc2c(c1)OCCO2. The van der Waals surface area contributed by atoms with Gasteiger partial charge in [-0.2, -0.15) is 9.57 Å². The molecule has 1 amide bonds. The molecular weight excluding hydrogens is 614 g/mol. The number of benzene rings is 2. The maximum absolute atomic E-state index is 14.2. The fourth-order valence-corrected chi connectivity index (χ4v) is 7.80. The van der Waals surface area contributed by atoms with Crippen molar-refractivity contribution in [2.45, 2.75) is 75.4 Å². The van der Waals surface area contributed by atoms with Crippen molar-refractivity contribution in [2.75, 3.05) is 39.5 Å². The first-order valence-electron chi connectivity index (χ1n) is 15.7. The third-order valence-corrected chi connectivity index (χ3v) is 10.4. The Kier molecular flexibility index (Phi) is 11.1. The number of rotatable bonds is 14. The molecule has 0 bridgehead atoms. The third-order valence-electron chi connectivity index (χ3n) is 8.60. The van der Waals surface area contributed by atoms with E-state index in [4.69, 9.17) is 28.9 Å². The number of amides is 1. The van der Waals surface area contributed by atoms with Crippen LogP contribution in [0.5, 0.6) is 11.5 Å². The lowest BCUT2D eigenvalue weighted by atomic mass is 9.87. The molecule has 0 spiro atoms. The van der Waals surface area contributed by atoms with Gasteiger partial charge in [0.2, 0.25) is 10.0 Å². The number of ether oxygens (including phenoxy) is 5. The molecule has 2 aromatic carbocycles. The average Bonchev–Trinajstić information content (AvgIpc) is 3.66. The smallest absolute Gasteiger partial charge is 0.407 e. The van der Waals surface area contributed by atoms with Crippen LogP contribution in [-0.2, 0) is 30.7 Å². The molecule has 0 aromatic heterocycles. The molecule has 250 valence electrons. The lowest BCUT2D eigenvalue weighted by Gasteiger charge is -2.35. The van der Waals surface area contributed by atoms with E-state index >= 15 is 0 Å². The standard InChI is InChI=1S/C33H43N3O9S/c1-33(2,13-6-7-14-34)22-36(46(39,40)24-10-11-28-29(19-24)42-17-16-41-28)20-27(37)26(18-23-8-4-3-5-9-23)35-32(38)45-30-21-44-31-25(30)12-15-43-31/h3-5,8-11,19,25-27,30-31,37H,6-7,12-13,15-18,20-22H2,1-2H3,(H,35,38)/t25-,26-,27-,30-,31+/m0/s1. The largest absolute Gasteiger partial charge is 0.486 e. The summed E-state index contributed by atoms with van der Waals surface area (Å²) in [5, 5.41) is 23.6. The lowest BCUT2D eigenvalue weighted by Crippen LogP contribution is -2.52. The fourth-order valence-electron chi connectivity index (χ4n) is 6.14. The number of hydrogen-bond acceptors (Lipinski definition) is 10. The molecule has 12 nitrogen and oxygen atoms in total. The Labute approximate surface area is 270 Å². The van der Waals surface area contributed by atoms with Crippen molar-refractivity contribution in [3.05, 3.63) is 54.1 Å². The summed E-state index contributed by atoms with van der Waals surface area (Å²) in [5.41, 5.74) is 0.319. The lowest BCUT2D eigenvalue weighted by molar-refractivity contribution is -0.0907. The maximum Gasteiger partial charge on any atom is 0.407 e. The summed E-state index contributed by atoms with van der Waals surface area (Å²) in [6.45, 7) is 5.06. The van der Waals surface area contributed by atoms with Gasteiger partial charge < -0.3 is 34.1 Å². The highest BCUT2D eigenvalue weighted by Crippen LogP contribution is 2.35. The monoisotopic (exact) mass is 657 g/mol. The third kappa shape index (κ3) is 8.49. The van der Waals surface area contributed by atoms with Crippen LogP contribution in [0.1, 0.15) is 45.1 Å². The number of nitrogens with one attached hydrogen (secondary N) is 1. The highest BCUT2D eigenvalue weighted by atomic mass is 32.2. The Morgan fingerprint density at radius 3 is 2.65 bits per heavy atom.